The molecule has 0 unspecified atom stereocenters. The molecule has 1 aliphatic heterocycles. The third-order valence-corrected chi connectivity index (χ3v) is 2.62. The lowest BCUT2D eigenvalue weighted by molar-refractivity contribution is -0.139. The maximum atomic E-state index is 11.3. The number of nitrogens with zero attached hydrogens (tertiary/aromatic N) is 2. The summed E-state index contributed by atoms with van der Waals surface area (Å²) in [4.78, 5) is 19.1. The smallest absolute Gasteiger partial charge is 0.311 e. The van der Waals surface area contributed by atoms with E-state index in [0.717, 1.165) is 0 Å². The van der Waals surface area contributed by atoms with Crippen molar-refractivity contribution in [1.82, 2.24) is 9.97 Å². The molecule has 0 N–H and O–H groups in total. The summed E-state index contributed by atoms with van der Waals surface area (Å²) in [5.41, 5.74) is 0.959. The van der Waals surface area contributed by atoms with Crippen LogP contribution in [-0.2, 0) is 25.4 Å². The predicted octanol–water partition coefficient (Wildman–Crippen LogP) is 0.891. The topological polar surface area (TPSA) is 70.5 Å². The van der Waals surface area contributed by atoms with E-state index < -0.39 is 12.3 Å². The minimum atomic E-state index is -0.608. The fourth-order valence-electron chi connectivity index (χ4n) is 1.52. The molecule has 1 fully saturated rings. The van der Waals surface area contributed by atoms with Gasteiger partial charge in [-0.1, -0.05) is 11.6 Å². The summed E-state index contributed by atoms with van der Waals surface area (Å²) in [6, 6.07) is 0. The van der Waals surface area contributed by atoms with Crippen molar-refractivity contribution in [3.05, 3.63) is 22.7 Å². The minimum absolute atomic E-state index is 0.0112. The zero-order valence-corrected chi connectivity index (χ0v) is 9.94. The van der Waals surface area contributed by atoms with Crippen LogP contribution in [0.4, 0.5) is 0 Å². The second-order valence-corrected chi connectivity index (χ2v) is 3.71. The van der Waals surface area contributed by atoms with Crippen molar-refractivity contribution in [1.29, 1.82) is 0 Å². The second kappa shape index (κ2) is 5.39. The summed E-state index contributed by atoms with van der Waals surface area (Å²) in [7, 11) is 1.31. The third-order valence-electron chi connectivity index (χ3n) is 2.31. The Bertz CT molecular complexity index is 421. The van der Waals surface area contributed by atoms with Gasteiger partial charge < -0.3 is 14.2 Å². The average Bonchev–Trinajstić information content (AvgIpc) is 2.82. The summed E-state index contributed by atoms with van der Waals surface area (Å²) in [5.74, 6) is -0.404. The van der Waals surface area contributed by atoms with Gasteiger partial charge in [-0.15, -0.1) is 0 Å². The molecule has 0 saturated carbocycles. The Morgan fingerprint density at radius 2 is 2.24 bits per heavy atom. The molecule has 7 heteroatoms. The first-order chi connectivity index (χ1) is 8.22. The fourth-order valence-corrected chi connectivity index (χ4v) is 1.76. The van der Waals surface area contributed by atoms with Crippen LogP contribution in [0.2, 0.25) is 5.15 Å². The lowest BCUT2D eigenvalue weighted by atomic mass is 10.1. The molecule has 0 radical (unpaired) electrons. The number of carbonyl (C=O) groups is 1. The molecule has 0 aromatic carbocycles. The van der Waals surface area contributed by atoms with Crippen LogP contribution in [-0.4, -0.2) is 36.3 Å². The van der Waals surface area contributed by atoms with Crippen molar-refractivity contribution < 1.29 is 19.0 Å². The number of ether oxygens (including phenoxy) is 3. The molecule has 0 bridgehead atoms. The highest BCUT2D eigenvalue weighted by molar-refractivity contribution is 6.30. The van der Waals surface area contributed by atoms with Gasteiger partial charge in [0.15, 0.2) is 6.29 Å². The Morgan fingerprint density at radius 3 is 2.88 bits per heavy atom. The van der Waals surface area contributed by atoms with Crippen molar-refractivity contribution >= 4 is 17.6 Å². The summed E-state index contributed by atoms with van der Waals surface area (Å²) in [6.45, 7) is 0.959. The molecule has 0 atom stereocenters. The van der Waals surface area contributed by atoms with E-state index in [1.165, 1.54) is 13.4 Å². The normalized spacial score (nSPS) is 16.1. The van der Waals surface area contributed by atoms with Gasteiger partial charge in [0, 0.05) is 0 Å². The first-order valence-electron chi connectivity index (χ1n) is 5.01. The van der Waals surface area contributed by atoms with E-state index in [1.807, 2.05) is 0 Å². The Balaban J connectivity index is 2.30. The van der Waals surface area contributed by atoms with Gasteiger partial charge in [0.25, 0.3) is 0 Å². The van der Waals surface area contributed by atoms with Crippen molar-refractivity contribution in [2.24, 2.45) is 0 Å². The van der Waals surface area contributed by atoms with Crippen LogP contribution < -0.4 is 0 Å². The van der Waals surface area contributed by atoms with Crippen LogP contribution in [0.25, 0.3) is 0 Å². The molecule has 0 spiro atoms. The number of hydrogen-bond donors (Lipinski definition) is 0. The Morgan fingerprint density at radius 1 is 1.53 bits per heavy atom. The van der Waals surface area contributed by atoms with E-state index in [4.69, 9.17) is 21.1 Å². The van der Waals surface area contributed by atoms with Crippen LogP contribution in [0.1, 0.15) is 17.5 Å². The molecular weight excluding hydrogens is 248 g/mol. The van der Waals surface area contributed by atoms with Gasteiger partial charge in [-0.25, -0.2) is 9.97 Å². The predicted molar refractivity (Wildman–Crippen MR) is 57.4 cm³/mol. The summed E-state index contributed by atoms with van der Waals surface area (Å²) < 4.78 is 15.3. The first kappa shape index (κ1) is 12.2. The van der Waals surface area contributed by atoms with Gasteiger partial charge in [0.1, 0.15) is 11.5 Å². The zero-order chi connectivity index (χ0) is 12.3. The molecule has 0 aliphatic carbocycles. The Kier molecular flexibility index (Phi) is 3.88. The highest BCUT2D eigenvalue weighted by Gasteiger charge is 2.26. The van der Waals surface area contributed by atoms with E-state index >= 15 is 0 Å². The van der Waals surface area contributed by atoms with Gasteiger partial charge in [0.2, 0.25) is 0 Å². The van der Waals surface area contributed by atoms with Crippen LogP contribution >= 0.6 is 11.6 Å². The van der Waals surface area contributed by atoms with E-state index in [9.17, 15) is 4.79 Å². The van der Waals surface area contributed by atoms with Crippen LogP contribution in [0.5, 0.6) is 0 Å². The van der Waals surface area contributed by atoms with Crippen LogP contribution in [0.3, 0.4) is 0 Å². The Hall–Kier alpha value is -1.24. The average molecular weight is 259 g/mol. The number of aromatic nitrogens is 2. The summed E-state index contributed by atoms with van der Waals surface area (Å²) in [6.07, 6.45) is 0.694. The molecule has 92 valence electrons. The standard InChI is InChI=1S/C10H11ClN2O4/c1-15-7(14)4-6-8(9(11)13-5-12-6)10-16-2-3-17-10/h5,10H,2-4H2,1H3. The maximum absolute atomic E-state index is 11.3. The SMILES string of the molecule is COC(=O)Cc1ncnc(Cl)c1C1OCCO1. The van der Waals surface area contributed by atoms with Gasteiger partial charge in [-0.3, -0.25) is 4.79 Å². The summed E-state index contributed by atoms with van der Waals surface area (Å²) >= 11 is 5.97. The number of rotatable bonds is 3. The van der Waals surface area contributed by atoms with E-state index in [-0.39, 0.29) is 11.6 Å². The molecule has 1 aromatic heterocycles. The maximum Gasteiger partial charge on any atom is 0.311 e. The fraction of sp³-hybridized carbons (Fsp3) is 0.500. The quantitative estimate of drug-likeness (QED) is 0.592. The van der Waals surface area contributed by atoms with E-state index in [0.29, 0.717) is 24.5 Å². The third kappa shape index (κ3) is 2.71. The zero-order valence-electron chi connectivity index (χ0n) is 9.18. The van der Waals surface area contributed by atoms with Crippen molar-refractivity contribution in [2.45, 2.75) is 12.7 Å². The molecule has 2 rings (SSSR count). The number of carbonyl (C=O) groups excluding carboxylic acids is 1. The molecule has 1 saturated heterocycles. The van der Waals surface area contributed by atoms with Gasteiger partial charge in [-0.2, -0.15) is 0 Å². The highest BCUT2D eigenvalue weighted by atomic mass is 35.5. The van der Waals surface area contributed by atoms with Crippen LogP contribution in [0.15, 0.2) is 6.33 Å². The molecule has 2 heterocycles. The lowest BCUT2D eigenvalue weighted by Gasteiger charge is -2.13. The number of esters is 1. The van der Waals surface area contributed by atoms with E-state index in [1.54, 1.807) is 0 Å². The van der Waals surface area contributed by atoms with Gasteiger partial charge in [-0.05, 0) is 0 Å². The molecule has 0 amide bonds. The van der Waals surface area contributed by atoms with Crippen LogP contribution in [0, 0.1) is 0 Å². The molecule has 6 nitrogen and oxygen atoms in total. The summed E-state index contributed by atoms with van der Waals surface area (Å²) in [5, 5.41) is 0.228. The number of methoxy groups -OCH3 is 1. The van der Waals surface area contributed by atoms with E-state index in [2.05, 4.69) is 14.7 Å². The lowest BCUT2D eigenvalue weighted by Crippen LogP contribution is -2.13. The molecule has 1 aliphatic rings. The Labute approximate surface area is 103 Å². The molecule has 17 heavy (non-hydrogen) atoms. The molecular formula is C10H11ClN2O4. The minimum Gasteiger partial charge on any atom is -0.469 e. The number of hydrogen-bond acceptors (Lipinski definition) is 6. The monoisotopic (exact) mass is 258 g/mol. The number of halogens is 1. The highest BCUT2D eigenvalue weighted by Crippen LogP contribution is 2.30. The van der Waals surface area contributed by atoms with Gasteiger partial charge in [0.05, 0.1) is 38.0 Å². The van der Waals surface area contributed by atoms with Crippen molar-refractivity contribution in [3.8, 4) is 0 Å². The van der Waals surface area contributed by atoms with Gasteiger partial charge >= 0.3 is 5.97 Å². The van der Waals surface area contributed by atoms with Crippen molar-refractivity contribution in [3.63, 3.8) is 0 Å². The largest absolute Gasteiger partial charge is 0.469 e. The molecule has 1 aromatic rings. The van der Waals surface area contributed by atoms with Crippen molar-refractivity contribution in [2.75, 3.05) is 20.3 Å². The second-order valence-electron chi connectivity index (χ2n) is 3.35. The first-order valence-corrected chi connectivity index (χ1v) is 5.39.